The molecule has 1 aromatic carbocycles. The molecular formula is C14H22N2O2. The van der Waals surface area contributed by atoms with E-state index in [1.807, 2.05) is 12.1 Å². The average molecular weight is 250 g/mol. The Balaban J connectivity index is 2.11. The fourth-order valence-electron chi connectivity index (χ4n) is 2.40. The lowest BCUT2D eigenvalue weighted by Crippen LogP contribution is -2.48. The first-order chi connectivity index (χ1) is 8.72. The van der Waals surface area contributed by atoms with Crippen LogP contribution in [-0.2, 0) is 6.54 Å². The Morgan fingerprint density at radius 3 is 2.83 bits per heavy atom. The first kappa shape index (κ1) is 13.2. The molecule has 1 aliphatic rings. The van der Waals surface area contributed by atoms with Crippen molar-refractivity contribution in [2.24, 2.45) is 0 Å². The molecular weight excluding hydrogens is 228 g/mol. The van der Waals surface area contributed by atoms with Crippen LogP contribution in [-0.4, -0.2) is 44.8 Å². The van der Waals surface area contributed by atoms with Gasteiger partial charge in [0.2, 0.25) is 0 Å². The van der Waals surface area contributed by atoms with E-state index in [2.05, 4.69) is 23.2 Å². The molecule has 1 N–H and O–H groups in total. The summed E-state index contributed by atoms with van der Waals surface area (Å²) in [4.78, 5) is 2.44. The lowest BCUT2D eigenvalue weighted by molar-refractivity contribution is 0.197. The number of hydrogen-bond donors (Lipinski definition) is 1. The Kier molecular flexibility index (Phi) is 4.44. The van der Waals surface area contributed by atoms with Crippen molar-refractivity contribution in [3.8, 4) is 11.5 Å². The maximum atomic E-state index is 5.42. The highest BCUT2D eigenvalue weighted by Gasteiger charge is 2.17. The third-order valence-corrected chi connectivity index (χ3v) is 3.33. The molecule has 1 heterocycles. The van der Waals surface area contributed by atoms with E-state index in [4.69, 9.17) is 9.47 Å². The van der Waals surface area contributed by atoms with Crippen molar-refractivity contribution < 1.29 is 9.47 Å². The molecule has 0 radical (unpaired) electrons. The summed E-state index contributed by atoms with van der Waals surface area (Å²) in [6.07, 6.45) is 0. The SMILES string of the molecule is COc1ccc(OC)c(CN2CCN[C@@H](C)C2)c1. The van der Waals surface area contributed by atoms with Crippen LogP contribution in [0.1, 0.15) is 12.5 Å². The fourth-order valence-corrected chi connectivity index (χ4v) is 2.40. The van der Waals surface area contributed by atoms with Gasteiger partial charge in [0.1, 0.15) is 11.5 Å². The largest absolute Gasteiger partial charge is 0.497 e. The van der Waals surface area contributed by atoms with Gasteiger partial charge in [-0.25, -0.2) is 0 Å². The molecule has 0 bridgehead atoms. The van der Waals surface area contributed by atoms with Gasteiger partial charge in [0.25, 0.3) is 0 Å². The minimum atomic E-state index is 0.551. The van der Waals surface area contributed by atoms with Crippen LogP contribution in [0, 0.1) is 0 Å². The maximum absolute atomic E-state index is 5.42. The molecule has 1 fully saturated rings. The van der Waals surface area contributed by atoms with Crippen molar-refractivity contribution in [2.75, 3.05) is 33.9 Å². The van der Waals surface area contributed by atoms with Crippen molar-refractivity contribution in [1.82, 2.24) is 10.2 Å². The molecule has 100 valence electrons. The molecule has 0 saturated carbocycles. The zero-order chi connectivity index (χ0) is 13.0. The van der Waals surface area contributed by atoms with Crippen LogP contribution in [0.2, 0.25) is 0 Å². The van der Waals surface area contributed by atoms with E-state index in [9.17, 15) is 0 Å². The topological polar surface area (TPSA) is 33.7 Å². The molecule has 0 amide bonds. The minimum Gasteiger partial charge on any atom is -0.497 e. The van der Waals surface area contributed by atoms with Gasteiger partial charge in [0, 0.05) is 37.8 Å². The van der Waals surface area contributed by atoms with Crippen molar-refractivity contribution in [2.45, 2.75) is 19.5 Å². The molecule has 0 aliphatic carbocycles. The molecule has 4 heteroatoms. The normalized spacial score (nSPS) is 20.7. The lowest BCUT2D eigenvalue weighted by atomic mass is 10.1. The van der Waals surface area contributed by atoms with Gasteiger partial charge in [-0.3, -0.25) is 4.90 Å². The quantitative estimate of drug-likeness (QED) is 0.878. The smallest absolute Gasteiger partial charge is 0.123 e. The number of rotatable bonds is 4. The second-order valence-corrected chi connectivity index (χ2v) is 4.77. The highest BCUT2D eigenvalue weighted by atomic mass is 16.5. The van der Waals surface area contributed by atoms with E-state index >= 15 is 0 Å². The molecule has 1 saturated heterocycles. The molecule has 1 atom stereocenters. The number of benzene rings is 1. The summed E-state index contributed by atoms with van der Waals surface area (Å²) < 4.78 is 10.7. The van der Waals surface area contributed by atoms with E-state index in [1.54, 1.807) is 14.2 Å². The Morgan fingerprint density at radius 2 is 2.17 bits per heavy atom. The number of ether oxygens (including phenoxy) is 2. The third-order valence-electron chi connectivity index (χ3n) is 3.33. The van der Waals surface area contributed by atoms with Gasteiger partial charge in [-0.05, 0) is 25.1 Å². The van der Waals surface area contributed by atoms with E-state index in [1.165, 1.54) is 5.56 Å². The molecule has 0 spiro atoms. The Bertz CT molecular complexity index is 395. The number of methoxy groups -OCH3 is 2. The van der Waals surface area contributed by atoms with Crippen LogP contribution >= 0.6 is 0 Å². The number of hydrogen-bond acceptors (Lipinski definition) is 4. The predicted molar refractivity (Wildman–Crippen MR) is 72.3 cm³/mol. The van der Waals surface area contributed by atoms with E-state index in [0.29, 0.717) is 6.04 Å². The number of nitrogens with zero attached hydrogens (tertiary/aromatic N) is 1. The van der Waals surface area contributed by atoms with Gasteiger partial charge in [-0.15, -0.1) is 0 Å². The van der Waals surface area contributed by atoms with Crippen molar-refractivity contribution in [3.05, 3.63) is 23.8 Å². The summed E-state index contributed by atoms with van der Waals surface area (Å²) in [6.45, 7) is 6.32. The molecule has 4 nitrogen and oxygen atoms in total. The van der Waals surface area contributed by atoms with Crippen molar-refractivity contribution in [1.29, 1.82) is 0 Å². The molecule has 2 rings (SSSR count). The van der Waals surface area contributed by atoms with Gasteiger partial charge < -0.3 is 14.8 Å². The van der Waals surface area contributed by atoms with Gasteiger partial charge >= 0.3 is 0 Å². The van der Waals surface area contributed by atoms with E-state index in [-0.39, 0.29) is 0 Å². The fraction of sp³-hybridized carbons (Fsp3) is 0.571. The van der Waals surface area contributed by atoms with Crippen LogP contribution < -0.4 is 14.8 Å². The highest BCUT2D eigenvalue weighted by molar-refractivity contribution is 5.40. The Morgan fingerprint density at radius 1 is 1.33 bits per heavy atom. The summed E-state index contributed by atoms with van der Waals surface area (Å²) in [5, 5.41) is 3.45. The maximum Gasteiger partial charge on any atom is 0.123 e. The van der Waals surface area contributed by atoms with Crippen LogP contribution in [0.5, 0.6) is 11.5 Å². The van der Waals surface area contributed by atoms with Gasteiger partial charge in [0.15, 0.2) is 0 Å². The van der Waals surface area contributed by atoms with E-state index in [0.717, 1.165) is 37.7 Å². The van der Waals surface area contributed by atoms with Crippen LogP contribution in [0.3, 0.4) is 0 Å². The molecule has 0 unspecified atom stereocenters. The summed E-state index contributed by atoms with van der Waals surface area (Å²) >= 11 is 0. The number of nitrogens with one attached hydrogen (secondary N) is 1. The van der Waals surface area contributed by atoms with Crippen LogP contribution in [0.25, 0.3) is 0 Å². The third kappa shape index (κ3) is 3.15. The molecule has 0 aromatic heterocycles. The first-order valence-corrected chi connectivity index (χ1v) is 6.39. The lowest BCUT2D eigenvalue weighted by Gasteiger charge is -2.32. The number of piperazine rings is 1. The zero-order valence-electron chi connectivity index (χ0n) is 11.4. The molecule has 18 heavy (non-hydrogen) atoms. The van der Waals surface area contributed by atoms with Crippen molar-refractivity contribution in [3.63, 3.8) is 0 Å². The van der Waals surface area contributed by atoms with Gasteiger partial charge in [-0.2, -0.15) is 0 Å². The monoisotopic (exact) mass is 250 g/mol. The first-order valence-electron chi connectivity index (χ1n) is 6.39. The summed E-state index contributed by atoms with van der Waals surface area (Å²) in [5.41, 5.74) is 1.19. The highest BCUT2D eigenvalue weighted by Crippen LogP contribution is 2.25. The van der Waals surface area contributed by atoms with Crippen molar-refractivity contribution >= 4 is 0 Å². The summed E-state index contributed by atoms with van der Waals surface area (Å²) in [5.74, 6) is 1.82. The Labute approximate surface area is 109 Å². The second kappa shape index (κ2) is 6.07. The van der Waals surface area contributed by atoms with Gasteiger partial charge in [-0.1, -0.05) is 0 Å². The standard InChI is InChI=1S/C14H22N2O2/c1-11-9-16(7-6-15-11)10-12-8-13(17-2)4-5-14(12)18-3/h4-5,8,11,15H,6-7,9-10H2,1-3H3/t11-/m0/s1. The summed E-state index contributed by atoms with van der Waals surface area (Å²) in [6, 6.07) is 6.52. The van der Waals surface area contributed by atoms with Crippen LogP contribution in [0.15, 0.2) is 18.2 Å². The molecule has 1 aromatic rings. The Hall–Kier alpha value is -1.26. The second-order valence-electron chi connectivity index (χ2n) is 4.77. The van der Waals surface area contributed by atoms with Crippen LogP contribution in [0.4, 0.5) is 0 Å². The molecule has 1 aliphatic heterocycles. The summed E-state index contributed by atoms with van der Waals surface area (Å²) in [7, 11) is 3.41. The van der Waals surface area contributed by atoms with Gasteiger partial charge in [0.05, 0.1) is 14.2 Å². The zero-order valence-corrected chi connectivity index (χ0v) is 11.4. The van der Waals surface area contributed by atoms with E-state index < -0.39 is 0 Å². The average Bonchev–Trinajstić information content (AvgIpc) is 2.38. The minimum absolute atomic E-state index is 0.551. The predicted octanol–water partition coefficient (Wildman–Crippen LogP) is 1.50.